The molecular weight excluding hydrogens is 246 g/mol. The van der Waals surface area contributed by atoms with Crippen molar-refractivity contribution in [3.63, 3.8) is 0 Å². The van der Waals surface area contributed by atoms with Gasteiger partial charge in [-0.2, -0.15) is 0 Å². The topological polar surface area (TPSA) is 42.4 Å². The first kappa shape index (κ1) is 13.1. The Balaban J connectivity index is 2.06. The number of aliphatic hydroxyl groups excluding tert-OH is 1. The molecule has 0 spiro atoms. The van der Waals surface area contributed by atoms with E-state index >= 15 is 0 Å². The second kappa shape index (κ2) is 5.98. The van der Waals surface area contributed by atoms with Crippen molar-refractivity contribution < 1.29 is 9.84 Å². The van der Waals surface area contributed by atoms with Gasteiger partial charge in [-0.3, -0.25) is 0 Å². The van der Waals surface area contributed by atoms with Crippen molar-refractivity contribution >= 4 is 11.3 Å². The molecule has 0 fully saturated rings. The van der Waals surface area contributed by atoms with Gasteiger partial charge in [0, 0.05) is 23.4 Å². The van der Waals surface area contributed by atoms with Crippen LogP contribution in [0.1, 0.15) is 28.3 Å². The SMILES string of the molecule is COc1ccc(Cc2ncc(C(C)CO)s2)cc1. The Hall–Kier alpha value is -1.39. The van der Waals surface area contributed by atoms with Gasteiger partial charge in [-0.1, -0.05) is 19.1 Å². The molecular formula is C14H17NO2S. The van der Waals surface area contributed by atoms with Crippen molar-refractivity contribution in [2.45, 2.75) is 19.3 Å². The molecule has 1 atom stereocenters. The summed E-state index contributed by atoms with van der Waals surface area (Å²) in [6, 6.07) is 8.02. The smallest absolute Gasteiger partial charge is 0.118 e. The van der Waals surface area contributed by atoms with Crippen molar-refractivity contribution in [3.05, 3.63) is 45.9 Å². The Kier molecular flexibility index (Phi) is 4.33. The van der Waals surface area contributed by atoms with E-state index in [0.29, 0.717) is 0 Å². The molecule has 0 aliphatic rings. The first-order valence-electron chi connectivity index (χ1n) is 5.91. The lowest BCUT2D eigenvalue weighted by Crippen LogP contribution is -1.94. The Morgan fingerprint density at radius 2 is 2.06 bits per heavy atom. The summed E-state index contributed by atoms with van der Waals surface area (Å²) < 4.78 is 5.13. The lowest BCUT2D eigenvalue weighted by molar-refractivity contribution is 0.274. The molecule has 1 aromatic carbocycles. The molecule has 3 nitrogen and oxygen atoms in total. The minimum atomic E-state index is 0.171. The van der Waals surface area contributed by atoms with Gasteiger partial charge in [0.2, 0.25) is 0 Å². The van der Waals surface area contributed by atoms with Gasteiger partial charge in [0.05, 0.1) is 18.7 Å². The summed E-state index contributed by atoms with van der Waals surface area (Å²) in [5.41, 5.74) is 1.22. The van der Waals surface area contributed by atoms with Gasteiger partial charge in [0.1, 0.15) is 5.75 Å². The van der Waals surface area contributed by atoms with Gasteiger partial charge in [-0.25, -0.2) is 4.98 Å². The zero-order valence-electron chi connectivity index (χ0n) is 10.6. The maximum Gasteiger partial charge on any atom is 0.118 e. The standard InChI is InChI=1S/C14H17NO2S/c1-10(9-16)13-8-15-14(18-13)7-11-3-5-12(17-2)6-4-11/h3-6,8,10,16H,7,9H2,1-2H3. The van der Waals surface area contributed by atoms with E-state index in [1.54, 1.807) is 18.4 Å². The lowest BCUT2D eigenvalue weighted by atomic mass is 10.1. The van der Waals surface area contributed by atoms with Crippen LogP contribution in [0.5, 0.6) is 5.75 Å². The van der Waals surface area contributed by atoms with Gasteiger partial charge < -0.3 is 9.84 Å². The number of hydrogen-bond donors (Lipinski definition) is 1. The maximum absolute atomic E-state index is 9.11. The van der Waals surface area contributed by atoms with Crippen molar-refractivity contribution in [3.8, 4) is 5.75 Å². The molecule has 96 valence electrons. The summed E-state index contributed by atoms with van der Waals surface area (Å²) in [7, 11) is 1.67. The minimum Gasteiger partial charge on any atom is -0.497 e. The second-order valence-corrected chi connectivity index (χ2v) is 5.41. The van der Waals surface area contributed by atoms with Crippen LogP contribution in [-0.4, -0.2) is 23.8 Å². The van der Waals surface area contributed by atoms with Crippen LogP contribution in [0.4, 0.5) is 0 Å². The summed E-state index contributed by atoms with van der Waals surface area (Å²) in [5, 5.41) is 10.2. The van der Waals surface area contributed by atoms with Crippen LogP contribution >= 0.6 is 11.3 Å². The van der Waals surface area contributed by atoms with Crippen LogP contribution in [0.25, 0.3) is 0 Å². The Bertz CT molecular complexity index is 493. The average molecular weight is 263 g/mol. The predicted octanol–water partition coefficient (Wildman–Crippen LogP) is 2.84. The number of ether oxygens (including phenoxy) is 1. The third-order valence-corrected chi connectivity index (χ3v) is 4.07. The summed E-state index contributed by atoms with van der Waals surface area (Å²) >= 11 is 1.67. The van der Waals surface area contributed by atoms with Gasteiger partial charge in [-0.15, -0.1) is 11.3 Å². The molecule has 0 saturated heterocycles. The number of benzene rings is 1. The molecule has 0 radical (unpaired) electrons. The van der Waals surface area contributed by atoms with Crippen LogP contribution in [0.3, 0.4) is 0 Å². The fraction of sp³-hybridized carbons (Fsp3) is 0.357. The number of methoxy groups -OCH3 is 1. The molecule has 2 aromatic rings. The van der Waals surface area contributed by atoms with E-state index in [2.05, 4.69) is 17.1 Å². The molecule has 4 heteroatoms. The van der Waals surface area contributed by atoms with Gasteiger partial charge in [-0.05, 0) is 17.7 Å². The fourth-order valence-corrected chi connectivity index (χ4v) is 2.64. The zero-order valence-corrected chi connectivity index (χ0v) is 11.4. The van der Waals surface area contributed by atoms with E-state index < -0.39 is 0 Å². The molecule has 18 heavy (non-hydrogen) atoms. The van der Waals surface area contributed by atoms with Crippen molar-refractivity contribution in [2.75, 3.05) is 13.7 Å². The van der Waals surface area contributed by atoms with E-state index in [4.69, 9.17) is 9.84 Å². The highest BCUT2D eigenvalue weighted by molar-refractivity contribution is 7.11. The molecule has 1 unspecified atom stereocenters. The van der Waals surface area contributed by atoms with Crippen LogP contribution in [-0.2, 0) is 6.42 Å². The lowest BCUT2D eigenvalue weighted by Gasteiger charge is -2.02. The Morgan fingerprint density at radius 3 is 2.67 bits per heavy atom. The molecule has 0 saturated carbocycles. The molecule has 1 aromatic heterocycles. The highest BCUT2D eigenvalue weighted by Crippen LogP contribution is 2.24. The predicted molar refractivity (Wildman–Crippen MR) is 73.4 cm³/mol. The quantitative estimate of drug-likeness (QED) is 0.902. The van der Waals surface area contributed by atoms with Gasteiger partial charge >= 0.3 is 0 Å². The number of hydrogen-bond acceptors (Lipinski definition) is 4. The van der Waals surface area contributed by atoms with E-state index in [9.17, 15) is 0 Å². The van der Waals surface area contributed by atoms with Crippen LogP contribution in [0.15, 0.2) is 30.5 Å². The second-order valence-electron chi connectivity index (χ2n) is 4.26. The third kappa shape index (κ3) is 3.09. The first-order chi connectivity index (χ1) is 8.72. The van der Waals surface area contributed by atoms with E-state index in [0.717, 1.165) is 22.1 Å². The van der Waals surface area contributed by atoms with Gasteiger partial charge in [0.25, 0.3) is 0 Å². The molecule has 1 heterocycles. The minimum absolute atomic E-state index is 0.171. The molecule has 2 rings (SSSR count). The third-order valence-electron chi connectivity index (χ3n) is 2.85. The fourth-order valence-electron chi connectivity index (χ4n) is 1.64. The van der Waals surface area contributed by atoms with Crippen LogP contribution < -0.4 is 4.74 Å². The summed E-state index contributed by atoms with van der Waals surface area (Å²) in [5.74, 6) is 1.04. The summed E-state index contributed by atoms with van der Waals surface area (Å²) in [6.45, 7) is 2.18. The monoisotopic (exact) mass is 263 g/mol. The Morgan fingerprint density at radius 1 is 1.33 bits per heavy atom. The molecule has 0 amide bonds. The van der Waals surface area contributed by atoms with Crippen molar-refractivity contribution in [2.24, 2.45) is 0 Å². The van der Waals surface area contributed by atoms with Gasteiger partial charge in [0.15, 0.2) is 0 Å². The zero-order chi connectivity index (χ0) is 13.0. The molecule has 0 aliphatic heterocycles. The number of thiazole rings is 1. The van der Waals surface area contributed by atoms with Crippen molar-refractivity contribution in [1.29, 1.82) is 0 Å². The summed E-state index contributed by atoms with van der Waals surface area (Å²) in [4.78, 5) is 5.54. The number of rotatable bonds is 5. The molecule has 1 N–H and O–H groups in total. The van der Waals surface area contributed by atoms with E-state index in [-0.39, 0.29) is 12.5 Å². The number of nitrogens with zero attached hydrogens (tertiary/aromatic N) is 1. The van der Waals surface area contributed by atoms with E-state index in [1.165, 1.54) is 5.56 Å². The number of aliphatic hydroxyl groups is 1. The largest absolute Gasteiger partial charge is 0.497 e. The van der Waals surface area contributed by atoms with E-state index in [1.807, 2.05) is 25.3 Å². The highest BCUT2D eigenvalue weighted by atomic mass is 32.1. The first-order valence-corrected chi connectivity index (χ1v) is 6.73. The van der Waals surface area contributed by atoms with Crippen LogP contribution in [0.2, 0.25) is 0 Å². The Labute approximate surface area is 111 Å². The normalized spacial score (nSPS) is 12.4. The van der Waals surface area contributed by atoms with Crippen LogP contribution in [0, 0.1) is 0 Å². The maximum atomic E-state index is 9.11. The number of aromatic nitrogens is 1. The summed E-state index contributed by atoms with van der Waals surface area (Å²) in [6.07, 6.45) is 2.69. The average Bonchev–Trinajstić information content (AvgIpc) is 2.87. The molecule has 0 aliphatic carbocycles. The van der Waals surface area contributed by atoms with Crippen molar-refractivity contribution in [1.82, 2.24) is 4.98 Å². The molecule has 0 bridgehead atoms. The highest BCUT2D eigenvalue weighted by Gasteiger charge is 2.09.